The lowest BCUT2D eigenvalue weighted by atomic mass is 10.0. The minimum Gasteiger partial charge on any atom is -0.481 e. The predicted octanol–water partition coefficient (Wildman–Crippen LogP) is -1.25. The molecule has 0 bridgehead atoms. The molecule has 0 aliphatic carbocycles. The summed E-state index contributed by atoms with van der Waals surface area (Å²) < 4.78 is 0. The van der Waals surface area contributed by atoms with E-state index in [1.54, 1.807) is 12.3 Å². The van der Waals surface area contributed by atoms with Gasteiger partial charge in [0.1, 0.15) is 18.1 Å². The number of aromatic amines is 1. The molecular formula is C23H31N5O8S. The van der Waals surface area contributed by atoms with Crippen LogP contribution in [0.15, 0.2) is 30.5 Å². The fourth-order valence-corrected chi connectivity index (χ4v) is 3.78. The van der Waals surface area contributed by atoms with Crippen molar-refractivity contribution >= 4 is 53.2 Å². The highest BCUT2D eigenvalue weighted by Gasteiger charge is 2.32. The van der Waals surface area contributed by atoms with Gasteiger partial charge < -0.3 is 42.0 Å². The molecule has 5 unspecified atom stereocenters. The number of H-pyrrole nitrogens is 1. The van der Waals surface area contributed by atoms with E-state index in [4.69, 9.17) is 10.8 Å². The third-order valence-electron chi connectivity index (χ3n) is 5.60. The highest BCUT2D eigenvalue weighted by Crippen LogP contribution is 2.19. The van der Waals surface area contributed by atoms with Gasteiger partial charge in [0, 0.05) is 35.7 Å². The highest BCUT2D eigenvalue weighted by atomic mass is 32.1. The predicted molar refractivity (Wildman–Crippen MR) is 136 cm³/mol. The van der Waals surface area contributed by atoms with Gasteiger partial charge in [-0.25, -0.2) is 4.79 Å². The number of benzene rings is 1. The number of nitrogens with one attached hydrogen (secondary N) is 4. The number of hydrogen-bond donors (Lipinski definition) is 9. The molecule has 9 N–H and O–H groups in total. The summed E-state index contributed by atoms with van der Waals surface area (Å²) in [5.41, 5.74) is 7.12. The summed E-state index contributed by atoms with van der Waals surface area (Å²) in [7, 11) is 0. The molecule has 5 atom stereocenters. The number of carbonyl (C=O) groups excluding carboxylic acids is 3. The number of hydrogen-bond acceptors (Lipinski definition) is 8. The van der Waals surface area contributed by atoms with Gasteiger partial charge in [0.05, 0.1) is 12.1 Å². The number of aromatic nitrogens is 1. The lowest BCUT2D eigenvalue weighted by Gasteiger charge is -2.25. The molecule has 13 nitrogen and oxygen atoms in total. The highest BCUT2D eigenvalue weighted by molar-refractivity contribution is 7.80. The van der Waals surface area contributed by atoms with E-state index in [0.717, 1.165) is 10.9 Å². The number of thiol groups is 1. The van der Waals surface area contributed by atoms with Gasteiger partial charge in [0.2, 0.25) is 17.7 Å². The summed E-state index contributed by atoms with van der Waals surface area (Å²) in [6, 6.07) is 1.91. The Morgan fingerprint density at radius 2 is 1.65 bits per heavy atom. The molecule has 3 amide bonds. The second-order valence-electron chi connectivity index (χ2n) is 8.47. The van der Waals surface area contributed by atoms with Crippen LogP contribution in [0.1, 0.15) is 25.3 Å². The normalized spacial score (nSPS) is 15.1. The Morgan fingerprint density at radius 1 is 1.00 bits per heavy atom. The first-order chi connectivity index (χ1) is 17.4. The lowest BCUT2D eigenvalue weighted by molar-refractivity contribution is -0.142. The zero-order valence-corrected chi connectivity index (χ0v) is 20.9. The van der Waals surface area contributed by atoms with Crippen molar-refractivity contribution < 1.29 is 39.3 Å². The van der Waals surface area contributed by atoms with Crippen LogP contribution in [-0.4, -0.2) is 86.0 Å². The molecule has 0 aliphatic rings. The van der Waals surface area contributed by atoms with Crippen molar-refractivity contribution in [3.63, 3.8) is 0 Å². The van der Waals surface area contributed by atoms with E-state index in [2.05, 4.69) is 33.6 Å². The van der Waals surface area contributed by atoms with Crippen LogP contribution in [0.25, 0.3) is 10.9 Å². The molecule has 37 heavy (non-hydrogen) atoms. The molecule has 0 saturated heterocycles. The molecule has 14 heteroatoms. The van der Waals surface area contributed by atoms with E-state index in [1.165, 1.54) is 6.92 Å². The number of aliphatic hydroxyl groups excluding tert-OH is 1. The maximum absolute atomic E-state index is 12.8. The molecule has 2 aromatic rings. The first-order valence-electron chi connectivity index (χ1n) is 11.4. The van der Waals surface area contributed by atoms with Crippen LogP contribution in [-0.2, 0) is 30.4 Å². The molecule has 0 radical (unpaired) electrons. The Balaban J connectivity index is 2.05. The summed E-state index contributed by atoms with van der Waals surface area (Å²) >= 11 is 4.06. The third kappa shape index (κ3) is 8.48. The molecule has 1 heterocycles. The van der Waals surface area contributed by atoms with E-state index >= 15 is 0 Å². The van der Waals surface area contributed by atoms with Crippen molar-refractivity contribution in [1.29, 1.82) is 0 Å². The van der Waals surface area contributed by atoms with Gasteiger partial charge in [0.15, 0.2) is 0 Å². The third-order valence-corrected chi connectivity index (χ3v) is 5.96. The van der Waals surface area contributed by atoms with E-state index in [-0.39, 0.29) is 25.0 Å². The number of carbonyl (C=O) groups is 5. The quantitative estimate of drug-likeness (QED) is 0.131. The molecule has 0 aliphatic heterocycles. The molecule has 1 aromatic heterocycles. The van der Waals surface area contributed by atoms with Crippen LogP contribution >= 0.6 is 12.6 Å². The standard InChI is InChI=1S/C23H31N5O8S/c1-11(29)19(28-20(32)14(24)6-7-18(30)31)22(34)27-17(10-37)21(33)26-16(23(35)36)8-12-9-25-15-5-3-2-4-13(12)15/h2-5,9,11,14,16-17,19,25,29,37H,6-8,10,24H2,1H3,(H,26,33)(H,27,34)(H,28,32)(H,30,31)(H,35,36). The van der Waals surface area contributed by atoms with E-state index < -0.39 is 59.9 Å². The maximum atomic E-state index is 12.8. The SMILES string of the molecule is CC(O)C(NC(=O)C(N)CCC(=O)O)C(=O)NC(CS)C(=O)NC(Cc1c[nH]c2ccccc12)C(=O)O. The molecular weight excluding hydrogens is 506 g/mol. The Hall–Kier alpha value is -3.62. The van der Waals surface area contributed by atoms with Gasteiger partial charge in [-0.2, -0.15) is 12.6 Å². The summed E-state index contributed by atoms with van der Waals surface area (Å²) in [5, 5.41) is 36.1. The minimum atomic E-state index is -1.51. The van der Waals surface area contributed by atoms with Gasteiger partial charge in [-0.05, 0) is 25.0 Å². The summed E-state index contributed by atoms with van der Waals surface area (Å²) in [4.78, 5) is 63.4. The van der Waals surface area contributed by atoms with E-state index in [1.807, 2.05) is 18.2 Å². The van der Waals surface area contributed by atoms with E-state index in [0.29, 0.717) is 5.56 Å². The van der Waals surface area contributed by atoms with Crippen LogP contribution in [0.2, 0.25) is 0 Å². The molecule has 0 fully saturated rings. The van der Waals surface area contributed by atoms with Crippen LogP contribution in [0.3, 0.4) is 0 Å². The zero-order chi connectivity index (χ0) is 27.7. The minimum absolute atomic E-state index is 0.0289. The number of para-hydroxylation sites is 1. The number of nitrogens with two attached hydrogens (primary N) is 1. The first-order valence-corrected chi connectivity index (χ1v) is 12.0. The zero-order valence-electron chi connectivity index (χ0n) is 20.0. The number of aliphatic hydroxyl groups is 1. The number of carboxylic acids is 2. The fourth-order valence-electron chi connectivity index (χ4n) is 3.52. The molecule has 1 aromatic carbocycles. The Bertz CT molecular complexity index is 1140. The number of fused-ring (bicyclic) bond motifs is 1. The second kappa shape index (κ2) is 13.6. The molecule has 0 spiro atoms. The Morgan fingerprint density at radius 3 is 2.24 bits per heavy atom. The van der Waals surface area contributed by atoms with Crippen molar-refractivity contribution in [3.8, 4) is 0 Å². The summed E-state index contributed by atoms with van der Waals surface area (Å²) in [6.45, 7) is 1.23. The number of rotatable bonds is 14. The smallest absolute Gasteiger partial charge is 0.326 e. The monoisotopic (exact) mass is 537 g/mol. The van der Waals surface area contributed by atoms with Crippen molar-refractivity contribution in [1.82, 2.24) is 20.9 Å². The average molecular weight is 538 g/mol. The van der Waals surface area contributed by atoms with Gasteiger partial charge in [-0.15, -0.1) is 0 Å². The summed E-state index contributed by atoms with van der Waals surface area (Å²) in [5.74, 6) is -5.28. The van der Waals surface area contributed by atoms with E-state index in [9.17, 15) is 34.2 Å². The van der Waals surface area contributed by atoms with Crippen LogP contribution in [0, 0.1) is 0 Å². The molecule has 0 saturated carbocycles. The Kier molecular flexibility index (Phi) is 10.9. The van der Waals surface area contributed by atoms with Gasteiger partial charge in [-0.3, -0.25) is 19.2 Å². The average Bonchev–Trinajstić information content (AvgIpc) is 3.25. The number of aliphatic carboxylic acids is 2. The van der Waals surface area contributed by atoms with Gasteiger partial charge in [0.25, 0.3) is 0 Å². The fraction of sp³-hybridized carbons (Fsp3) is 0.435. The maximum Gasteiger partial charge on any atom is 0.326 e. The molecule has 202 valence electrons. The Labute approximate surface area is 217 Å². The largest absolute Gasteiger partial charge is 0.481 e. The van der Waals surface area contributed by atoms with Crippen molar-refractivity contribution in [3.05, 3.63) is 36.0 Å². The van der Waals surface area contributed by atoms with Crippen molar-refractivity contribution in [2.75, 3.05) is 5.75 Å². The van der Waals surface area contributed by atoms with Gasteiger partial charge in [-0.1, -0.05) is 18.2 Å². The van der Waals surface area contributed by atoms with Crippen LogP contribution in [0.5, 0.6) is 0 Å². The van der Waals surface area contributed by atoms with Crippen LogP contribution < -0.4 is 21.7 Å². The second-order valence-corrected chi connectivity index (χ2v) is 8.84. The first kappa shape index (κ1) is 29.6. The van der Waals surface area contributed by atoms with Crippen LogP contribution in [0.4, 0.5) is 0 Å². The topological polar surface area (TPSA) is 224 Å². The molecule has 2 rings (SSSR count). The number of amides is 3. The lowest BCUT2D eigenvalue weighted by Crippen LogP contribution is -2.60. The summed E-state index contributed by atoms with van der Waals surface area (Å²) in [6.07, 6.45) is -0.330. The number of carboxylic acid groups (broad SMARTS) is 2. The van der Waals surface area contributed by atoms with Crippen molar-refractivity contribution in [2.45, 2.75) is 56.5 Å². The van der Waals surface area contributed by atoms with Gasteiger partial charge >= 0.3 is 11.9 Å². The van der Waals surface area contributed by atoms with Crippen molar-refractivity contribution in [2.24, 2.45) is 5.73 Å².